The quantitative estimate of drug-likeness (QED) is 0.0320. The number of allylic oxidation sites excluding steroid dienone is 4. The highest BCUT2D eigenvalue weighted by Gasteiger charge is 2.20. The van der Waals surface area contributed by atoms with Crippen LogP contribution < -0.4 is 5.32 Å². The maximum atomic E-state index is 12.6. The van der Waals surface area contributed by atoms with Crippen LogP contribution >= 0.6 is 0 Å². The Hall–Kier alpha value is -1.66. The molecule has 0 aromatic rings. The molecule has 534 valence electrons. The first kappa shape index (κ1) is 88.3. The summed E-state index contributed by atoms with van der Waals surface area (Å²) in [7, 11) is 0. The average Bonchev–Trinajstić information content (AvgIpc) is 3.68. The molecule has 0 radical (unpaired) electrons. The van der Waals surface area contributed by atoms with E-state index in [0.29, 0.717) is 25.9 Å². The molecule has 0 aliphatic heterocycles. The van der Waals surface area contributed by atoms with E-state index in [-0.39, 0.29) is 18.5 Å². The van der Waals surface area contributed by atoms with Crippen molar-refractivity contribution in [1.29, 1.82) is 0 Å². The van der Waals surface area contributed by atoms with Crippen molar-refractivity contribution < 1.29 is 24.5 Å². The van der Waals surface area contributed by atoms with Crippen molar-refractivity contribution in [2.45, 2.75) is 488 Å². The van der Waals surface area contributed by atoms with E-state index in [1.165, 1.54) is 405 Å². The Kier molecular flexibility index (Phi) is 78.3. The van der Waals surface area contributed by atoms with E-state index in [4.69, 9.17) is 4.74 Å². The number of unbranched alkanes of at least 4 members (excludes halogenated alkanes) is 64. The molecule has 6 nitrogen and oxygen atoms in total. The van der Waals surface area contributed by atoms with Gasteiger partial charge in [0.05, 0.1) is 25.4 Å². The number of amides is 1. The van der Waals surface area contributed by atoms with Crippen LogP contribution in [0.2, 0.25) is 0 Å². The molecule has 0 aliphatic rings. The molecule has 2 atom stereocenters. The van der Waals surface area contributed by atoms with Gasteiger partial charge in [0.25, 0.3) is 0 Å². The minimum Gasteiger partial charge on any atom is -0.466 e. The highest BCUT2D eigenvalue weighted by molar-refractivity contribution is 5.76. The van der Waals surface area contributed by atoms with Gasteiger partial charge in [0.2, 0.25) is 5.91 Å². The van der Waals surface area contributed by atoms with Gasteiger partial charge in [0.15, 0.2) is 0 Å². The van der Waals surface area contributed by atoms with Crippen LogP contribution in [0.25, 0.3) is 0 Å². The second-order valence-corrected chi connectivity index (χ2v) is 28.8. The van der Waals surface area contributed by atoms with E-state index < -0.39 is 12.1 Å². The lowest BCUT2D eigenvalue weighted by atomic mass is 10.0. The third-order valence-corrected chi connectivity index (χ3v) is 19.7. The molecular formula is C84H163NO5. The Bertz CT molecular complexity index is 1410. The smallest absolute Gasteiger partial charge is 0.305 e. The number of hydrogen-bond acceptors (Lipinski definition) is 5. The first-order chi connectivity index (χ1) is 44.5. The number of carbonyl (C=O) groups excluding carboxylic acids is 2. The largest absolute Gasteiger partial charge is 0.466 e. The second kappa shape index (κ2) is 79.8. The fraction of sp³-hybridized carbons (Fsp3) is 0.929. The molecule has 3 N–H and O–H groups in total. The molecule has 0 bridgehead atoms. The van der Waals surface area contributed by atoms with Crippen molar-refractivity contribution in [3.8, 4) is 0 Å². The summed E-state index contributed by atoms with van der Waals surface area (Å²) < 4.78 is 5.52. The van der Waals surface area contributed by atoms with Gasteiger partial charge in [-0.1, -0.05) is 411 Å². The summed E-state index contributed by atoms with van der Waals surface area (Å²) in [5, 5.41) is 23.5. The lowest BCUT2D eigenvalue weighted by molar-refractivity contribution is -0.143. The zero-order valence-corrected chi connectivity index (χ0v) is 61.4. The zero-order chi connectivity index (χ0) is 64.9. The van der Waals surface area contributed by atoms with Crippen molar-refractivity contribution in [2.24, 2.45) is 0 Å². The number of hydrogen-bond donors (Lipinski definition) is 3. The van der Waals surface area contributed by atoms with Crippen LogP contribution in [0.5, 0.6) is 0 Å². The monoisotopic (exact) mass is 1270 g/mol. The number of nitrogens with one attached hydrogen (secondary N) is 1. The maximum Gasteiger partial charge on any atom is 0.305 e. The van der Waals surface area contributed by atoms with Crippen molar-refractivity contribution in [1.82, 2.24) is 5.32 Å². The summed E-state index contributed by atoms with van der Waals surface area (Å²) in [6.07, 6.45) is 103. The molecule has 0 aromatic heterocycles. The van der Waals surface area contributed by atoms with Crippen LogP contribution in [0.4, 0.5) is 0 Å². The summed E-state index contributed by atoms with van der Waals surface area (Å²) in [6, 6.07) is -0.542. The Morgan fingerprint density at radius 2 is 0.522 bits per heavy atom. The molecule has 0 fully saturated rings. The summed E-state index contributed by atoms with van der Waals surface area (Å²) >= 11 is 0. The fourth-order valence-corrected chi connectivity index (χ4v) is 13.4. The molecule has 0 saturated carbocycles. The number of rotatable bonds is 79. The van der Waals surface area contributed by atoms with Crippen molar-refractivity contribution in [3.63, 3.8) is 0 Å². The third kappa shape index (κ3) is 75.4. The van der Waals surface area contributed by atoms with Crippen molar-refractivity contribution in [3.05, 3.63) is 24.3 Å². The van der Waals surface area contributed by atoms with Gasteiger partial charge in [-0.05, 0) is 77.0 Å². The molecule has 0 spiro atoms. The van der Waals surface area contributed by atoms with Crippen LogP contribution in [0.15, 0.2) is 24.3 Å². The predicted molar refractivity (Wildman–Crippen MR) is 398 cm³/mol. The molecule has 0 aromatic carbocycles. The minimum atomic E-state index is -0.665. The Labute approximate surface area is 564 Å². The number of ether oxygens (including phenoxy) is 1. The standard InChI is InChI=1S/C84H163NO5/c1-3-5-7-9-11-13-15-17-19-21-23-24-25-34-37-41-44-48-52-56-60-64-68-72-76-82(87)81(80-86)85-83(88)77-73-69-65-61-57-53-49-45-42-38-35-32-30-28-26-27-29-31-33-36-39-43-47-51-55-59-63-67-71-75-79-90-84(89)78-74-70-66-62-58-54-50-46-40-22-20-18-16-14-12-10-8-6-4-2/h18,20,27,29,81-82,86-87H,3-17,19,21-26,28,30-80H2,1-2H3,(H,85,88)/b20-18-,29-27-. The summed E-state index contributed by atoms with van der Waals surface area (Å²) in [5.74, 6) is -0.00947. The van der Waals surface area contributed by atoms with Crippen LogP contribution in [-0.2, 0) is 14.3 Å². The molecule has 90 heavy (non-hydrogen) atoms. The van der Waals surface area contributed by atoms with Crippen LogP contribution in [-0.4, -0.2) is 47.4 Å². The number of aliphatic hydroxyl groups is 2. The summed E-state index contributed by atoms with van der Waals surface area (Å²) in [6.45, 7) is 5.01. The predicted octanol–water partition coefficient (Wildman–Crippen LogP) is 27.6. The normalized spacial score (nSPS) is 12.5. The van der Waals surface area contributed by atoms with Gasteiger partial charge in [-0.3, -0.25) is 9.59 Å². The molecule has 0 saturated heterocycles. The first-order valence-electron chi connectivity index (χ1n) is 41.6. The summed E-state index contributed by atoms with van der Waals surface area (Å²) in [5.41, 5.74) is 0. The van der Waals surface area contributed by atoms with Gasteiger partial charge >= 0.3 is 5.97 Å². The van der Waals surface area contributed by atoms with E-state index in [2.05, 4.69) is 43.5 Å². The molecule has 0 heterocycles. The number of aliphatic hydroxyl groups excluding tert-OH is 2. The summed E-state index contributed by atoms with van der Waals surface area (Å²) in [4.78, 5) is 24.7. The lowest BCUT2D eigenvalue weighted by Gasteiger charge is -2.22. The van der Waals surface area contributed by atoms with Gasteiger partial charge in [0.1, 0.15) is 0 Å². The molecule has 0 rings (SSSR count). The lowest BCUT2D eigenvalue weighted by Crippen LogP contribution is -2.45. The Morgan fingerprint density at radius 1 is 0.300 bits per heavy atom. The van der Waals surface area contributed by atoms with E-state index in [9.17, 15) is 19.8 Å². The molecule has 1 amide bonds. The average molecular weight is 1270 g/mol. The van der Waals surface area contributed by atoms with Crippen LogP contribution in [0, 0.1) is 0 Å². The number of esters is 1. The molecule has 6 heteroatoms. The molecule has 2 unspecified atom stereocenters. The van der Waals surface area contributed by atoms with Crippen molar-refractivity contribution >= 4 is 11.9 Å². The van der Waals surface area contributed by atoms with Crippen LogP contribution in [0.1, 0.15) is 476 Å². The van der Waals surface area contributed by atoms with E-state index in [1.54, 1.807) is 0 Å². The van der Waals surface area contributed by atoms with Gasteiger partial charge in [-0.2, -0.15) is 0 Å². The third-order valence-electron chi connectivity index (χ3n) is 19.7. The van der Waals surface area contributed by atoms with Gasteiger partial charge in [-0.15, -0.1) is 0 Å². The van der Waals surface area contributed by atoms with E-state index in [1.807, 2.05) is 0 Å². The Morgan fingerprint density at radius 3 is 0.789 bits per heavy atom. The van der Waals surface area contributed by atoms with Gasteiger partial charge < -0.3 is 20.3 Å². The highest BCUT2D eigenvalue weighted by Crippen LogP contribution is 2.20. The first-order valence-corrected chi connectivity index (χ1v) is 41.6. The minimum absolute atomic E-state index is 0.0180. The van der Waals surface area contributed by atoms with E-state index >= 15 is 0 Å². The second-order valence-electron chi connectivity index (χ2n) is 28.8. The van der Waals surface area contributed by atoms with Crippen LogP contribution in [0.3, 0.4) is 0 Å². The van der Waals surface area contributed by atoms with Gasteiger partial charge in [0, 0.05) is 12.8 Å². The van der Waals surface area contributed by atoms with E-state index in [0.717, 1.165) is 38.5 Å². The fourth-order valence-electron chi connectivity index (χ4n) is 13.4. The highest BCUT2D eigenvalue weighted by atomic mass is 16.5. The molecular weight excluding hydrogens is 1100 g/mol. The Balaban J connectivity index is 3.35. The number of carbonyl (C=O) groups is 2. The topological polar surface area (TPSA) is 95.9 Å². The van der Waals surface area contributed by atoms with Crippen molar-refractivity contribution in [2.75, 3.05) is 13.2 Å². The van der Waals surface area contributed by atoms with Gasteiger partial charge in [-0.25, -0.2) is 0 Å². The zero-order valence-electron chi connectivity index (χ0n) is 61.4. The molecule has 0 aliphatic carbocycles. The maximum absolute atomic E-state index is 12.6. The SMILES string of the molecule is CCCCCCCC/C=C\CCCCCCCCCCCC(=O)OCCCCCCCCCCCCCC/C=C\CCCCCCCCCCCCCCCCC(=O)NC(CO)C(O)CCCCCCCCCCCCCCCCCCCCCCCCCC.